The molecule has 0 saturated heterocycles. The molecule has 0 amide bonds. The molecule has 0 heterocycles. The molecule has 9 heavy (non-hydrogen) atoms. The van der Waals surface area contributed by atoms with Crippen LogP contribution in [-0.2, 0) is 51.5 Å². The van der Waals surface area contributed by atoms with Crippen molar-refractivity contribution in [3.8, 4) is 0 Å². The van der Waals surface area contributed by atoms with E-state index in [0.29, 0.717) is 0 Å². The quantitative estimate of drug-likeness (QED) is 0.461. The summed E-state index contributed by atoms with van der Waals surface area (Å²) in [6, 6.07) is 0. The molecule has 0 aliphatic carbocycles. The first-order valence-corrected chi connectivity index (χ1v) is 4.53. The Morgan fingerprint density at radius 1 is 1.44 bits per heavy atom. The van der Waals surface area contributed by atoms with Crippen LogP contribution in [0.5, 0.6) is 0 Å². The summed E-state index contributed by atoms with van der Waals surface area (Å²) in [5.74, 6) is 0. The smallest absolute Gasteiger partial charge is 0 e. The molecule has 0 aliphatic heterocycles. The summed E-state index contributed by atoms with van der Waals surface area (Å²) in [5.41, 5.74) is 0. The first kappa shape index (κ1) is 22.6. The molecule has 9 heteroatoms. The van der Waals surface area contributed by atoms with Crippen LogP contribution in [0.2, 0.25) is 0 Å². The third-order valence-electron chi connectivity index (χ3n) is 0. The Morgan fingerprint density at radius 2 is 1.44 bits per heavy atom. The Bertz CT molecular complexity index is 69.9. The molecular weight excluding hydrogens is 283 g/mol. The van der Waals surface area contributed by atoms with Crippen LogP contribution in [0.25, 0.3) is 0 Å². The maximum Gasteiger partial charge on any atom is 0 e. The van der Waals surface area contributed by atoms with E-state index < -0.39 is 7.91 Å². The van der Waals surface area contributed by atoms with Crippen molar-refractivity contribution in [3.63, 3.8) is 0 Å². The minimum Gasteiger partial charge on any atom is 0 e. The summed E-state index contributed by atoms with van der Waals surface area (Å²) < 4.78 is 19.0. The maximum atomic E-state index is 10.4. The summed E-state index contributed by atoms with van der Waals surface area (Å²) in [4.78, 5) is 13.9. The molecule has 0 aromatic heterocycles. The monoisotopic (exact) mass is 286 g/mol. The zero-order valence-corrected chi connectivity index (χ0v) is 7.88. The maximum absolute atomic E-state index is 10.4. The molecule has 54 valence electrons. The van der Waals surface area contributed by atoms with Gasteiger partial charge in [0, 0.05) is 18.6 Å². The summed E-state index contributed by atoms with van der Waals surface area (Å²) in [6.45, 7) is 0. The van der Waals surface area contributed by atoms with E-state index in [4.69, 9.17) is 14.4 Å². The summed E-state index contributed by atoms with van der Waals surface area (Å²) >= 11 is 5.75. The van der Waals surface area contributed by atoms with Gasteiger partial charge in [-0.2, -0.15) is 0 Å². The van der Waals surface area contributed by atoms with Gasteiger partial charge in [-0.15, -0.1) is 4.20 Å². The standard InChI is InChI=1S/FH2O3P.Fe.Mn.Na.V.H/c1-5(2,3)4;;;;;/h(H2,2,3,4);;;;;. The largest absolute Gasteiger partial charge is 0 e. The Labute approximate surface area is 102 Å². The zero-order chi connectivity index (χ0) is 6.50. The van der Waals surface area contributed by atoms with E-state index in [1.54, 1.807) is 0 Å². The molecule has 0 aromatic carbocycles. The van der Waals surface area contributed by atoms with Crippen LogP contribution in [0, 0.1) is 0 Å². The van der Waals surface area contributed by atoms with Crippen molar-refractivity contribution in [2.75, 3.05) is 0 Å². The number of rotatable bonds is 0. The first-order chi connectivity index (χ1) is 3.00. The number of halogens is 1. The van der Waals surface area contributed by atoms with Gasteiger partial charge in [-0.1, -0.05) is 0 Å². The fraction of sp³-hybridized carbons (Fsp3) is 0. The second-order valence-electron chi connectivity index (χ2n) is 0.473. The van der Waals surface area contributed by atoms with E-state index in [-0.39, 0.29) is 48.1 Å². The topological polar surface area (TPSA) is 57.5 Å². The van der Waals surface area contributed by atoms with Crippen LogP contribution in [0.1, 0.15) is 0 Å². The summed E-state index contributed by atoms with van der Waals surface area (Å²) in [6.07, 6.45) is 0. The van der Waals surface area contributed by atoms with Crippen molar-refractivity contribution in [2.24, 2.45) is 0 Å². The zero-order valence-electron chi connectivity index (χ0n) is 3.31. The van der Waals surface area contributed by atoms with Gasteiger partial charge in [-0.05, 0) is 0 Å². The third-order valence-corrected chi connectivity index (χ3v) is 0. The predicted octanol–water partition coefficient (Wildman–Crippen LogP) is -0.607. The van der Waals surface area contributed by atoms with Gasteiger partial charge in [0.1, 0.15) is 0 Å². The first-order valence-electron chi connectivity index (χ1n) is 0.885. The fourth-order valence-electron chi connectivity index (χ4n) is 0. The Hall–Kier alpha value is 2.70. The average molecular weight is 286 g/mol. The molecule has 0 atom stereocenters. The number of hydrogen-bond acceptors (Lipinski definition) is 1. The van der Waals surface area contributed by atoms with E-state index in [9.17, 15) is 4.20 Å². The SMILES string of the molecule is O=P(O)(O)F.[Mn][Fe].[NaH].[V]. The van der Waals surface area contributed by atoms with Crippen LogP contribution in [0.4, 0.5) is 4.20 Å². The Kier molecular flexibility index (Phi) is 33.4. The van der Waals surface area contributed by atoms with Crippen LogP contribution in [0.3, 0.4) is 0 Å². The molecule has 0 fully saturated rings. The molecule has 0 aliphatic rings. The van der Waals surface area contributed by atoms with Crippen LogP contribution < -0.4 is 0 Å². The molecule has 0 spiro atoms. The van der Waals surface area contributed by atoms with Crippen molar-refractivity contribution < 1.29 is 65.5 Å². The van der Waals surface area contributed by atoms with Gasteiger partial charge in [0.2, 0.25) is 0 Å². The Balaban J connectivity index is -0.0000000286. The molecule has 0 unspecified atom stereocenters. The van der Waals surface area contributed by atoms with E-state index in [1.165, 1.54) is 0 Å². The van der Waals surface area contributed by atoms with E-state index >= 15 is 0 Å². The molecule has 0 aromatic rings. The molecule has 1 radical (unpaired) electrons. The molecule has 3 nitrogen and oxygen atoms in total. The minimum absolute atomic E-state index is 0. The van der Waals surface area contributed by atoms with Crippen molar-refractivity contribution in [1.82, 2.24) is 0 Å². The van der Waals surface area contributed by atoms with Gasteiger partial charge in [0.25, 0.3) is 0 Å². The molecule has 2 N–H and O–H groups in total. The Morgan fingerprint density at radius 3 is 1.44 bits per heavy atom. The van der Waals surface area contributed by atoms with E-state index in [1.807, 2.05) is 0 Å². The van der Waals surface area contributed by atoms with Crippen molar-refractivity contribution in [2.45, 2.75) is 0 Å². The van der Waals surface area contributed by atoms with Gasteiger partial charge in [0.15, 0.2) is 0 Å². The minimum atomic E-state index is -5.14. The molecule has 0 saturated carbocycles. The molecular formula is H3FFeMnNaO3PV. The van der Waals surface area contributed by atoms with Gasteiger partial charge in [0.05, 0.1) is 0 Å². The van der Waals surface area contributed by atoms with Crippen molar-refractivity contribution >= 4 is 37.5 Å². The van der Waals surface area contributed by atoms with Crippen molar-refractivity contribution in [3.05, 3.63) is 0 Å². The molecule has 0 bridgehead atoms. The summed E-state index contributed by atoms with van der Waals surface area (Å²) in [7, 11) is -5.14. The van der Waals surface area contributed by atoms with Gasteiger partial charge < -0.3 is 0 Å². The fourth-order valence-corrected chi connectivity index (χ4v) is 0. The van der Waals surface area contributed by atoms with E-state index in [2.05, 4.69) is 28.4 Å². The van der Waals surface area contributed by atoms with Crippen LogP contribution >= 0.6 is 7.91 Å². The van der Waals surface area contributed by atoms with Crippen LogP contribution in [-0.4, -0.2) is 39.3 Å². The van der Waals surface area contributed by atoms with E-state index in [0.717, 1.165) is 0 Å². The third kappa shape index (κ3) is 111. The van der Waals surface area contributed by atoms with Crippen molar-refractivity contribution in [1.29, 1.82) is 0 Å². The molecule has 0 rings (SSSR count). The predicted molar refractivity (Wildman–Crippen MR) is 20.3 cm³/mol. The van der Waals surface area contributed by atoms with Gasteiger partial charge in [-0.3, -0.25) is 9.79 Å². The number of hydrogen-bond donors (Lipinski definition) is 2. The second-order valence-corrected chi connectivity index (χ2v) is 1.42. The van der Waals surface area contributed by atoms with Crippen LogP contribution in [0.15, 0.2) is 0 Å². The second kappa shape index (κ2) is 13.3. The van der Waals surface area contributed by atoms with Gasteiger partial charge >= 0.3 is 65.8 Å². The van der Waals surface area contributed by atoms with Gasteiger partial charge in [-0.25, -0.2) is 4.57 Å². The summed E-state index contributed by atoms with van der Waals surface area (Å²) in [5, 5.41) is 0. The average Bonchev–Trinajstić information content (AvgIpc) is 1.36. The normalized spacial score (nSPS) is 7.22.